The molecule has 1 amide bonds. The fourth-order valence-electron chi connectivity index (χ4n) is 1.68. The first-order valence-corrected chi connectivity index (χ1v) is 5.85. The minimum atomic E-state index is -0.259. The van der Waals surface area contributed by atoms with Gasteiger partial charge in [-0.3, -0.25) is 4.79 Å². The van der Waals surface area contributed by atoms with Crippen LogP contribution in [-0.4, -0.2) is 29.4 Å². The number of hydrogen-bond acceptors (Lipinski definition) is 3. The molecule has 0 aliphatic heterocycles. The Bertz CT molecular complexity index is 623. The molecule has 2 aromatic rings. The van der Waals surface area contributed by atoms with Crippen molar-refractivity contribution in [3.8, 4) is 23.8 Å². The van der Waals surface area contributed by atoms with Gasteiger partial charge in [-0.2, -0.15) is 0 Å². The zero-order chi connectivity index (χ0) is 13.8. The third-order valence-electron chi connectivity index (χ3n) is 2.69. The highest BCUT2D eigenvalue weighted by Crippen LogP contribution is 2.22. The number of carbonyl (C=O) groups is 1. The van der Waals surface area contributed by atoms with Crippen molar-refractivity contribution in [2.45, 2.75) is 6.92 Å². The summed E-state index contributed by atoms with van der Waals surface area (Å²) in [6.45, 7) is 1.98. The molecule has 1 heterocycles. The number of oxazole rings is 1. The first kappa shape index (κ1) is 12.9. The SMILES string of the molecule is C#CCN(C)C(=O)c1oc(-c2ccccc2)nc1C. The van der Waals surface area contributed by atoms with Gasteiger partial charge >= 0.3 is 0 Å². The summed E-state index contributed by atoms with van der Waals surface area (Å²) in [5, 5.41) is 0. The zero-order valence-corrected chi connectivity index (χ0v) is 10.9. The summed E-state index contributed by atoms with van der Waals surface area (Å²) in [5.41, 5.74) is 1.40. The van der Waals surface area contributed by atoms with Crippen molar-refractivity contribution in [1.29, 1.82) is 0 Å². The molecule has 0 radical (unpaired) electrons. The van der Waals surface area contributed by atoms with Gasteiger partial charge in [0, 0.05) is 12.6 Å². The van der Waals surface area contributed by atoms with Gasteiger partial charge < -0.3 is 9.32 Å². The predicted molar refractivity (Wildman–Crippen MR) is 72.5 cm³/mol. The molecule has 0 spiro atoms. The third kappa shape index (κ3) is 2.66. The fraction of sp³-hybridized carbons (Fsp3) is 0.200. The molecule has 0 bridgehead atoms. The number of terminal acetylenes is 1. The molecule has 96 valence electrons. The molecule has 0 unspecified atom stereocenters. The van der Waals surface area contributed by atoms with Crippen molar-refractivity contribution in [2.24, 2.45) is 0 Å². The third-order valence-corrected chi connectivity index (χ3v) is 2.69. The quantitative estimate of drug-likeness (QED) is 0.790. The molecule has 1 aromatic heterocycles. The Morgan fingerprint density at radius 1 is 1.42 bits per heavy atom. The zero-order valence-electron chi connectivity index (χ0n) is 10.9. The number of benzene rings is 1. The normalized spacial score (nSPS) is 9.95. The largest absolute Gasteiger partial charge is 0.431 e. The van der Waals surface area contributed by atoms with Crippen LogP contribution >= 0.6 is 0 Å². The second-order valence-corrected chi connectivity index (χ2v) is 4.16. The van der Waals surface area contributed by atoms with E-state index < -0.39 is 0 Å². The minimum Gasteiger partial charge on any atom is -0.431 e. The van der Waals surface area contributed by atoms with Crippen LogP contribution in [0.1, 0.15) is 16.2 Å². The Kier molecular flexibility index (Phi) is 3.67. The van der Waals surface area contributed by atoms with E-state index in [1.54, 1.807) is 14.0 Å². The molecule has 1 aromatic carbocycles. The monoisotopic (exact) mass is 254 g/mol. The average molecular weight is 254 g/mol. The van der Waals surface area contributed by atoms with Gasteiger partial charge in [0.15, 0.2) is 0 Å². The lowest BCUT2D eigenvalue weighted by Crippen LogP contribution is -2.27. The van der Waals surface area contributed by atoms with Crippen molar-refractivity contribution in [2.75, 3.05) is 13.6 Å². The lowest BCUT2D eigenvalue weighted by molar-refractivity contribution is 0.0781. The van der Waals surface area contributed by atoms with E-state index in [1.165, 1.54) is 4.90 Å². The molecule has 0 aliphatic rings. The summed E-state index contributed by atoms with van der Waals surface area (Å²) >= 11 is 0. The number of aromatic nitrogens is 1. The minimum absolute atomic E-state index is 0.233. The topological polar surface area (TPSA) is 46.3 Å². The van der Waals surface area contributed by atoms with E-state index in [0.717, 1.165) is 5.56 Å². The second-order valence-electron chi connectivity index (χ2n) is 4.16. The molecule has 0 fully saturated rings. The molecule has 0 N–H and O–H groups in total. The lowest BCUT2D eigenvalue weighted by atomic mass is 10.2. The van der Waals surface area contributed by atoms with Gasteiger partial charge in [-0.1, -0.05) is 24.1 Å². The van der Waals surface area contributed by atoms with Crippen LogP contribution in [0.25, 0.3) is 11.5 Å². The first-order valence-electron chi connectivity index (χ1n) is 5.85. The van der Waals surface area contributed by atoms with E-state index in [2.05, 4.69) is 10.9 Å². The highest BCUT2D eigenvalue weighted by molar-refractivity contribution is 5.92. The Labute approximate surface area is 112 Å². The molecular weight excluding hydrogens is 240 g/mol. The second kappa shape index (κ2) is 5.40. The molecule has 4 heteroatoms. The van der Waals surface area contributed by atoms with E-state index in [4.69, 9.17) is 10.8 Å². The lowest BCUT2D eigenvalue weighted by Gasteiger charge is -2.11. The van der Waals surface area contributed by atoms with Crippen molar-refractivity contribution in [3.63, 3.8) is 0 Å². The van der Waals surface area contributed by atoms with Crippen molar-refractivity contribution >= 4 is 5.91 Å². The van der Waals surface area contributed by atoms with Crippen molar-refractivity contribution in [1.82, 2.24) is 9.88 Å². The Balaban J connectivity index is 2.32. The van der Waals surface area contributed by atoms with E-state index in [1.807, 2.05) is 30.3 Å². The van der Waals surface area contributed by atoms with E-state index in [0.29, 0.717) is 11.6 Å². The highest BCUT2D eigenvalue weighted by Gasteiger charge is 2.20. The molecule has 4 nitrogen and oxygen atoms in total. The fourth-order valence-corrected chi connectivity index (χ4v) is 1.68. The number of aryl methyl sites for hydroxylation is 1. The summed E-state index contributed by atoms with van der Waals surface area (Å²) in [4.78, 5) is 17.8. The molecule has 19 heavy (non-hydrogen) atoms. The van der Waals surface area contributed by atoms with Gasteiger partial charge in [0.2, 0.25) is 11.7 Å². The number of nitrogens with zero attached hydrogens (tertiary/aromatic N) is 2. The number of amides is 1. The standard InChI is InChI=1S/C15H14N2O2/c1-4-10-17(3)15(18)13-11(2)16-14(19-13)12-8-6-5-7-9-12/h1,5-9H,10H2,2-3H3. The maximum absolute atomic E-state index is 12.1. The van der Waals surface area contributed by atoms with Crippen LogP contribution in [-0.2, 0) is 0 Å². The van der Waals surface area contributed by atoms with Gasteiger partial charge in [0.25, 0.3) is 5.91 Å². The van der Waals surface area contributed by atoms with Crippen LogP contribution in [0, 0.1) is 19.3 Å². The van der Waals surface area contributed by atoms with Crippen LogP contribution in [0.4, 0.5) is 0 Å². The summed E-state index contributed by atoms with van der Waals surface area (Å²) in [5.74, 6) is 2.83. The van der Waals surface area contributed by atoms with E-state index in [-0.39, 0.29) is 18.2 Å². The van der Waals surface area contributed by atoms with Crippen LogP contribution < -0.4 is 0 Å². The van der Waals surface area contributed by atoms with E-state index >= 15 is 0 Å². The van der Waals surface area contributed by atoms with Gasteiger partial charge in [-0.05, 0) is 19.1 Å². The Morgan fingerprint density at radius 2 is 2.11 bits per heavy atom. The van der Waals surface area contributed by atoms with Crippen molar-refractivity contribution in [3.05, 3.63) is 41.8 Å². The van der Waals surface area contributed by atoms with Gasteiger partial charge in [-0.25, -0.2) is 4.98 Å². The van der Waals surface area contributed by atoms with Crippen LogP contribution in [0.5, 0.6) is 0 Å². The summed E-state index contributed by atoms with van der Waals surface area (Å²) in [6, 6.07) is 9.45. The number of rotatable bonds is 3. The number of hydrogen-bond donors (Lipinski definition) is 0. The van der Waals surface area contributed by atoms with Crippen LogP contribution in [0.2, 0.25) is 0 Å². The van der Waals surface area contributed by atoms with E-state index in [9.17, 15) is 4.79 Å². The molecule has 0 saturated heterocycles. The first-order chi connectivity index (χ1) is 9.13. The predicted octanol–water partition coefficient (Wildman–Crippen LogP) is 2.36. The average Bonchev–Trinajstić information content (AvgIpc) is 2.81. The maximum Gasteiger partial charge on any atom is 0.292 e. The molecule has 0 aliphatic carbocycles. The Hall–Kier alpha value is -2.54. The van der Waals surface area contributed by atoms with Gasteiger partial charge in [0.1, 0.15) is 0 Å². The molecule has 0 atom stereocenters. The smallest absolute Gasteiger partial charge is 0.292 e. The maximum atomic E-state index is 12.1. The molecule has 0 saturated carbocycles. The number of carbonyl (C=O) groups excluding carboxylic acids is 1. The summed E-state index contributed by atoms with van der Waals surface area (Å²) in [6.07, 6.45) is 5.19. The highest BCUT2D eigenvalue weighted by atomic mass is 16.4. The Morgan fingerprint density at radius 3 is 2.74 bits per heavy atom. The van der Waals surface area contributed by atoms with Crippen LogP contribution in [0.15, 0.2) is 34.7 Å². The summed E-state index contributed by atoms with van der Waals surface area (Å²) in [7, 11) is 1.63. The molecular formula is C15H14N2O2. The van der Waals surface area contributed by atoms with Crippen LogP contribution in [0.3, 0.4) is 0 Å². The van der Waals surface area contributed by atoms with Gasteiger partial charge in [-0.15, -0.1) is 6.42 Å². The van der Waals surface area contributed by atoms with Gasteiger partial charge in [0.05, 0.1) is 12.2 Å². The van der Waals surface area contributed by atoms with Crippen molar-refractivity contribution < 1.29 is 9.21 Å². The summed E-state index contributed by atoms with van der Waals surface area (Å²) < 4.78 is 5.56. The molecule has 2 rings (SSSR count).